The Hall–Kier alpha value is -3.88. The number of hydrogen-bond acceptors (Lipinski definition) is 7. The lowest BCUT2D eigenvalue weighted by Gasteiger charge is -2.38. The average molecular weight is 494 g/mol. The van der Waals surface area contributed by atoms with Crippen LogP contribution in [0.1, 0.15) is 24.8 Å². The third kappa shape index (κ3) is 3.88. The Balaban J connectivity index is 1.53. The van der Waals surface area contributed by atoms with E-state index in [-0.39, 0.29) is 5.54 Å². The Bertz CT molecular complexity index is 1550. The summed E-state index contributed by atoms with van der Waals surface area (Å²) in [6.45, 7) is 0. The summed E-state index contributed by atoms with van der Waals surface area (Å²) in [5.74, 6) is 1.13. The first kappa shape index (κ1) is 22.6. The van der Waals surface area contributed by atoms with Crippen molar-refractivity contribution in [3.05, 3.63) is 84.6 Å². The number of rotatable bonds is 6. The van der Waals surface area contributed by atoms with Gasteiger partial charge in [-0.05, 0) is 73.4 Å². The number of imidazole rings is 1. The van der Waals surface area contributed by atoms with Gasteiger partial charge in [0, 0.05) is 34.9 Å². The SMILES string of the molecule is CSNc1cccc(-c2ccc3nc(-c4cccnc4N)n(-c4ccc(C5(N)CCC5)cc4)c3n2)c1. The normalized spacial score (nSPS) is 14.5. The molecule has 36 heavy (non-hydrogen) atoms. The minimum atomic E-state index is -0.215. The highest BCUT2D eigenvalue weighted by molar-refractivity contribution is 7.99. The molecule has 0 spiro atoms. The predicted octanol–water partition coefficient (Wildman–Crippen LogP) is 5.76. The maximum Gasteiger partial charge on any atom is 0.165 e. The summed E-state index contributed by atoms with van der Waals surface area (Å²) < 4.78 is 5.35. The zero-order valence-electron chi connectivity index (χ0n) is 20.0. The van der Waals surface area contributed by atoms with Crippen molar-refractivity contribution < 1.29 is 0 Å². The van der Waals surface area contributed by atoms with Gasteiger partial charge in [0.1, 0.15) is 11.3 Å². The van der Waals surface area contributed by atoms with Gasteiger partial charge in [0.05, 0.1) is 11.3 Å². The summed E-state index contributed by atoms with van der Waals surface area (Å²) in [6.07, 6.45) is 6.91. The van der Waals surface area contributed by atoms with Gasteiger partial charge in [-0.15, -0.1) is 0 Å². The van der Waals surface area contributed by atoms with Crippen LogP contribution < -0.4 is 16.2 Å². The van der Waals surface area contributed by atoms with E-state index in [0.717, 1.165) is 57.8 Å². The van der Waals surface area contributed by atoms with Gasteiger partial charge in [0.2, 0.25) is 0 Å². The highest BCUT2D eigenvalue weighted by Gasteiger charge is 2.34. The minimum Gasteiger partial charge on any atom is -0.383 e. The fourth-order valence-electron chi connectivity index (χ4n) is 4.80. The molecule has 1 aliphatic carbocycles. The molecule has 0 bridgehead atoms. The first-order chi connectivity index (χ1) is 17.6. The number of benzene rings is 2. The number of fused-ring (bicyclic) bond motifs is 1. The molecular weight excluding hydrogens is 466 g/mol. The lowest BCUT2D eigenvalue weighted by Crippen LogP contribution is -2.43. The summed E-state index contributed by atoms with van der Waals surface area (Å²) in [5, 5.41) is 0. The van der Waals surface area contributed by atoms with Crippen LogP contribution in [-0.2, 0) is 5.54 Å². The van der Waals surface area contributed by atoms with Gasteiger partial charge in [0.15, 0.2) is 11.5 Å². The highest BCUT2D eigenvalue weighted by atomic mass is 32.2. The Kier molecular flexibility index (Phi) is 5.62. The predicted molar refractivity (Wildman–Crippen MR) is 149 cm³/mol. The number of nitrogens with two attached hydrogens (primary N) is 2. The van der Waals surface area contributed by atoms with Crippen molar-refractivity contribution in [2.75, 3.05) is 16.7 Å². The first-order valence-electron chi connectivity index (χ1n) is 12.0. The Morgan fingerprint density at radius 3 is 2.53 bits per heavy atom. The van der Waals surface area contributed by atoms with E-state index in [2.05, 4.69) is 50.7 Å². The molecule has 8 heteroatoms. The summed E-state index contributed by atoms with van der Waals surface area (Å²) in [5.41, 5.74) is 20.0. The van der Waals surface area contributed by atoms with Crippen LogP contribution in [0.3, 0.4) is 0 Å². The largest absolute Gasteiger partial charge is 0.383 e. The average Bonchev–Trinajstić information content (AvgIpc) is 3.26. The maximum atomic E-state index is 6.58. The second kappa shape index (κ2) is 8.96. The van der Waals surface area contributed by atoms with Gasteiger partial charge in [-0.25, -0.2) is 15.0 Å². The van der Waals surface area contributed by atoms with Crippen LogP contribution in [0.5, 0.6) is 0 Å². The Morgan fingerprint density at radius 1 is 0.972 bits per heavy atom. The molecule has 0 radical (unpaired) electrons. The molecule has 1 saturated carbocycles. The van der Waals surface area contributed by atoms with Gasteiger partial charge in [-0.1, -0.05) is 36.2 Å². The van der Waals surface area contributed by atoms with E-state index in [0.29, 0.717) is 11.6 Å². The number of anilines is 2. The molecule has 0 saturated heterocycles. The zero-order chi connectivity index (χ0) is 24.7. The zero-order valence-corrected chi connectivity index (χ0v) is 20.8. The van der Waals surface area contributed by atoms with E-state index in [4.69, 9.17) is 21.4 Å². The molecule has 6 rings (SSSR count). The van der Waals surface area contributed by atoms with Crippen molar-refractivity contribution in [3.8, 4) is 28.3 Å². The van der Waals surface area contributed by atoms with Gasteiger partial charge in [-0.3, -0.25) is 4.57 Å². The Labute approximate surface area is 214 Å². The smallest absolute Gasteiger partial charge is 0.165 e. The van der Waals surface area contributed by atoms with Crippen LogP contribution in [0.25, 0.3) is 39.5 Å². The van der Waals surface area contributed by atoms with E-state index < -0.39 is 0 Å². The quantitative estimate of drug-likeness (QED) is 0.258. The highest BCUT2D eigenvalue weighted by Crippen LogP contribution is 2.39. The number of hydrogen-bond donors (Lipinski definition) is 3. The second-order valence-electron chi connectivity index (χ2n) is 9.19. The van der Waals surface area contributed by atoms with Crippen molar-refractivity contribution in [1.29, 1.82) is 0 Å². The van der Waals surface area contributed by atoms with Gasteiger partial charge in [-0.2, -0.15) is 0 Å². The molecule has 2 aromatic carbocycles. The van der Waals surface area contributed by atoms with E-state index in [1.807, 2.05) is 42.7 Å². The molecule has 1 fully saturated rings. The summed E-state index contributed by atoms with van der Waals surface area (Å²) in [4.78, 5) is 14.3. The molecule has 0 unspecified atom stereocenters. The van der Waals surface area contributed by atoms with E-state index >= 15 is 0 Å². The molecule has 7 nitrogen and oxygen atoms in total. The molecule has 5 aromatic rings. The van der Waals surface area contributed by atoms with Crippen molar-refractivity contribution in [1.82, 2.24) is 19.5 Å². The minimum absolute atomic E-state index is 0.215. The van der Waals surface area contributed by atoms with Crippen LogP contribution in [-0.4, -0.2) is 25.8 Å². The second-order valence-corrected chi connectivity index (χ2v) is 9.80. The molecule has 3 aromatic heterocycles. The first-order valence-corrected chi connectivity index (χ1v) is 13.2. The van der Waals surface area contributed by atoms with Crippen LogP contribution in [0.15, 0.2) is 79.0 Å². The van der Waals surface area contributed by atoms with Crippen molar-refractivity contribution in [2.45, 2.75) is 24.8 Å². The van der Waals surface area contributed by atoms with E-state index in [1.54, 1.807) is 18.1 Å². The molecule has 0 aliphatic heterocycles. The third-order valence-electron chi connectivity index (χ3n) is 6.91. The fourth-order valence-corrected chi connectivity index (χ4v) is 5.16. The molecule has 3 heterocycles. The fraction of sp³-hybridized carbons (Fsp3) is 0.179. The molecule has 1 aliphatic rings. The molecular formula is C28H27N7S. The van der Waals surface area contributed by atoms with Crippen LogP contribution in [0.4, 0.5) is 11.5 Å². The topological polar surface area (TPSA) is 108 Å². The number of pyridine rings is 2. The third-order valence-corrected chi connectivity index (χ3v) is 7.35. The van der Waals surface area contributed by atoms with E-state index in [1.165, 1.54) is 6.42 Å². The van der Waals surface area contributed by atoms with Crippen LogP contribution >= 0.6 is 11.9 Å². The molecule has 5 N–H and O–H groups in total. The van der Waals surface area contributed by atoms with Crippen molar-refractivity contribution in [3.63, 3.8) is 0 Å². The summed E-state index contributed by atoms with van der Waals surface area (Å²) in [6, 6.07) is 24.5. The standard InChI is InChI=1S/C28H27N7S/c1-36-34-20-6-2-5-18(17-20)23-12-13-24-27(32-23)35(26(33-24)22-7-3-16-31-25(22)29)21-10-8-19(9-11-21)28(30)14-4-15-28/h2-3,5-13,16-17,34H,4,14-15,30H2,1H3,(H2,29,31). The van der Waals surface area contributed by atoms with Gasteiger partial charge < -0.3 is 16.2 Å². The Morgan fingerprint density at radius 2 is 1.81 bits per heavy atom. The van der Waals surface area contributed by atoms with E-state index in [9.17, 15) is 0 Å². The van der Waals surface area contributed by atoms with Crippen LogP contribution in [0.2, 0.25) is 0 Å². The lowest BCUT2D eigenvalue weighted by molar-refractivity contribution is 0.253. The number of nitrogens with zero attached hydrogens (tertiary/aromatic N) is 4. The maximum absolute atomic E-state index is 6.58. The summed E-state index contributed by atoms with van der Waals surface area (Å²) >= 11 is 1.56. The number of aromatic nitrogens is 4. The van der Waals surface area contributed by atoms with Crippen molar-refractivity contribution >= 4 is 34.6 Å². The lowest BCUT2D eigenvalue weighted by atomic mass is 9.73. The summed E-state index contributed by atoms with van der Waals surface area (Å²) in [7, 11) is 0. The van der Waals surface area contributed by atoms with Crippen molar-refractivity contribution in [2.24, 2.45) is 5.73 Å². The number of nitrogens with one attached hydrogen (secondary N) is 1. The van der Waals surface area contributed by atoms with Crippen LogP contribution in [0, 0.1) is 0 Å². The monoisotopic (exact) mass is 493 g/mol. The van der Waals surface area contributed by atoms with Gasteiger partial charge >= 0.3 is 0 Å². The molecule has 0 atom stereocenters. The molecule has 0 amide bonds. The number of nitrogen functional groups attached to an aromatic ring is 1. The molecule has 180 valence electrons. The van der Waals surface area contributed by atoms with Gasteiger partial charge in [0.25, 0.3) is 0 Å².